The van der Waals surface area contributed by atoms with E-state index in [1.165, 1.54) is 21.3 Å². The summed E-state index contributed by atoms with van der Waals surface area (Å²) in [7, 11) is 3.97. The molecule has 6 nitrogen and oxygen atoms in total. The van der Waals surface area contributed by atoms with Crippen molar-refractivity contribution in [2.24, 2.45) is 11.3 Å². The topological polar surface area (TPSA) is 78.9 Å². The predicted octanol–water partition coefficient (Wildman–Crippen LogP) is 2.81. The Morgan fingerprint density at radius 2 is 1.67 bits per heavy atom. The molecule has 27 heavy (non-hydrogen) atoms. The van der Waals surface area contributed by atoms with Gasteiger partial charge in [-0.2, -0.15) is 0 Å². The molecule has 0 spiro atoms. The van der Waals surface area contributed by atoms with Gasteiger partial charge in [0, 0.05) is 0 Å². The average molecular weight is 376 g/mol. The molecule has 0 amide bonds. The summed E-state index contributed by atoms with van der Waals surface area (Å²) < 4.78 is 15.0. The van der Waals surface area contributed by atoms with Crippen LogP contribution in [0.1, 0.15) is 44.2 Å². The number of methoxy groups -OCH3 is 3. The van der Waals surface area contributed by atoms with Crippen LogP contribution in [0.5, 0.6) is 0 Å². The van der Waals surface area contributed by atoms with Crippen molar-refractivity contribution in [2.75, 3.05) is 21.3 Å². The van der Waals surface area contributed by atoms with Crippen LogP contribution in [0.4, 0.5) is 0 Å². The molecular weight excluding hydrogens is 348 g/mol. The number of hydrogen-bond donors (Lipinski definition) is 0. The molecule has 148 valence electrons. The molecule has 1 aromatic carbocycles. The molecule has 1 aliphatic carbocycles. The highest BCUT2D eigenvalue weighted by molar-refractivity contribution is 5.90. The first kappa shape index (κ1) is 20.9. The Balaban J connectivity index is 2.68. The van der Waals surface area contributed by atoms with Gasteiger partial charge >= 0.3 is 17.9 Å². The Hall–Kier alpha value is -2.37. The van der Waals surface area contributed by atoms with Gasteiger partial charge in [0.1, 0.15) is 5.41 Å². The number of ether oxygens (including phenoxy) is 3. The van der Waals surface area contributed by atoms with Crippen molar-refractivity contribution in [3.63, 3.8) is 0 Å². The zero-order valence-corrected chi connectivity index (χ0v) is 16.7. The van der Waals surface area contributed by atoms with Crippen molar-refractivity contribution in [1.82, 2.24) is 0 Å². The van der Waals surface area contributed by atoms with E-state index in [1.54, 1.807) is 0 Å². The van der Waals surface area contributed by atoms with E-state index in [-0.39, 0.29) is 24.7 Å². The van der Waals surface area contributed by atoms with Crippen molar-refractivity contribution >= 4 is 17.9 Å². The normalized spacial score (nSPS) is 21.7. The van der Waals surface area contributed by atoms with E-state index in [4.69, 9.17) is 14.2 Å². The number of aryl methyl sites for hydroxylation is 1. The lowest BCUT2D eigenvalue weighted by molar-refractivity contribution is -0.161. The zero-order chi connectivity index (χ0) is 20.2. The number of fused-ring (bicyclic) bond motifs is 1. The molecule has 0 N–H and O–H groups in total. The van der Waals surface area contributed by atoms with Gasteiger partial charge in [-0.25, -0.2) is 0 Å². The number of esters is 3. The molecule has 0 fully saturated rings. The van der Waals surface area contributed by atoms with E-state index in [1.807, 2.05) is 38.1 Å². The van der Waals surface area contributed by atoms with E-state index < -0.39 is 22.8 Å². The fraction of sp³-hybridized carbons (Fsp3) is 0.571. The third kappa shape index (κ3) is 3.84. The SMILES string of the molecule is COC(=O)CC(C)(C)[C@@H]1CCc2ccccc2[C@]1(CC(=O)OC)C(=O)OC. The average Bonchev–Trinajstić information content (AvgIpc) is 2.66. The molecule has 0 bridgehead atoms. The lowest BCUT2D eigenvalue weighted by Crippen LogP contribution is -2.54. The molecule has 0 radical (unpaired) electrons. The van der Waals surface area contributed by atoms with Gasteiger partial charge in [0.25, 0.3) is 0 Å². The molecule has 0 aromatic heterocycles. The maximum absolute atomic E-state index is 13.2. The van der Waals surface area contributed by atoms with Gasteiger partial charge in [-0.3, -0.25) is 14.4 Å². The van der Waals surface area contributed by atoms with E-state index in [2.05, 4.69) is 0 Å². The minimum atomic E-state index is -1.21. The van der Waals surface area contributed by atoms with Crippen molar-refractivity contribution in [3.05, 3.63) is 35.4 Å². The van der Waals surface area contributed by atoms with Gasteiger partial charge in [-0.05, 0) is 35.3 Å². The van der Waals surface area contributed by atoms with Crippen LogP contribution in [0.15, 0.2) is 24.3 Å². The summed E-state index contributed by atoms with van der Waals surface area (Å²) in [6.45, 7) is 3.86. The molecule has 2 atom stereocenters. The molecule has 1 aromatic rings. The van der Waals surface area contributed by atoms with Crippen LogP contribution in [0.25, 0.3) is 0 Å². The van der Waals surface area contributed by atoms with E-state index in [0.29, 0.717) is 6.42 Å². The largest absolute Gasteiger partial charge is 0.469 e. The number of hydrogen-bond acceptors (Lipinski definition) is 6. The van der Waals surface area contributed by atoms with Crippen LogP contribution < -0.4 is 0 Å². The van der Waals surface area contributed by atoms with Crippen molar-refractivity contribution in [2.45, 2.75) is 44.9 Å². The second-order valence-corrected chi connectivity index (χ2v) is 7.71. The van der Waals surface area contributed by atoms with Crippen LogP contribution in [0.3, 0.4) is 0 Å². The Kier molecular flexibility index (Phi) is 6.29. The molecule has 0 heterocycles. The summed E-state index contributed by atoms with van der Waals surface area (Å²) in [5.41, 5.74) is -0.0230. The number of carbonyl (C=O) groups is 3. The first-order valence-corrected chi connectivity index (χ1v) is 9.03. The minimum Gasteiger partial charge on any atom is -0.469 e. The number of benzene rings is 1. The molecule has 2 rings (SSSR count). The first-order valence-electron chi connectivity index (χ1n) is 9.03. The maximum atomic E-state index is 13.2. The number of rotatable bonds is 6. The second-order valence-electron chi connectivity index (χ2n) is 7.71. The number of carbonyl (C=O) groups excluding carboxylic acids is 3. The monoisotopic (exact) mass is 376 g/mol. The Morgan fingerprint density at radius 3 is 2.26 bits per heavy atom. The zero-order valence-electron chi connectivity index (χ0n) is 16.7. The summed E-state index contributed by atoms with van der Waals surface area (Å²) in [5, 5.41) is 0. The van der Waals surface area contributed by atoms with Crippen LogP contribution >= 0.6 is 0 Å². The van der Waals surface area contributed by atoms with Crippen LogP contribution in [-0.2, 0) is 40.4 Å². The highest BCUT2D eigenvalue weighted by atomic mass is 16.5. The van der Waals surface area contributed by atoms with Crippen molar-refractivity contribution in [1.29, 1.82) is 0 Å². The van der Waals surface area contributed by atoms with E-state index in [9.17, 15) is 14.4 Å². The lowest BCUT2D eigenvalue weighted by atomic mass is 9.53. The Morgan fingerprint density at radius 1 is 1.04 bits per heavy atom. The Labute approximate surface area is 160 Å². The Bertz CT molecular complexity index is 723. The molecule has 6 heteroatoms. The van der Waals surface area contributed by atoms with Gasteiger partial charge in [0.2, 0.25) is 0 Å². The fourth-order valence-corrected chi connectivity index (χ4v) is 4.56. The summed E-state index contributed by atoms with van der Waals surface area (Å²) in [5.74, 6) is -1.62. The molecule has 0 aliphatic heterocycles. The third-order valence-corrected chi connectivity index (χ3v) is 5.77. The summed E-state index contributed by atoms with van der Waals surface area (Å²) in [6.07, 6.45) is 1.40. The fourth-order valence-electron chi connectivity index (χ4n) is 4.56. The van der Waals surface area contributed by atoms with Gasteiger partial charge in [-0.1, -0.05) is 38.1 Å². The van der Waals surface area contributed by atoms with Crippen LogP contribution in [0.2, 0.25) is 0 Å². The van der Waals surface area contributed by atoms with Gasteiger partial charge in [0.15, 0.2) is 0 Å². The van der Waals surface area contributed by atoms with Gasteiger partial charge < -0.3 is 14.2 Å². The minimum absolute atomic E-state index is 0.135. The highest BCUT2D eigenvalue weighted by Crippen LogP contribution is 2.53. The van der Waals surface area contributed by atoms with E-state index in [0.717, 1.165) is 17.5 Å². The molecular formula is C21H28O6. The predicted molar refractivity (Wildman–Crippen MR) is 99.0 cm³/mol. The highest BCUT2D eigenvalue weighted by Gasteiger charge is 2.57. The van der Waals surface area contributed by atoms with Crippen LogP contribution in [-0.4, -0.2) is 39.2 Å². The standard InChI is InChI=1S/C21H28O6/c1-20(2,12-17(22)25-3)16-11-10-14-8-6-7-9-15(14)21(16,19(24)27-5)13-18(23)26-4/h6-9,16H,10-13H2,1-5H3/t16-,21-/m0/s1. The smallest absolute Gasteiger partial charge is 0.317 e. The summed E-state index contributed by atoms with van der Waals surface area (Å²) in [6, 6.07) is 7.60. The molecule has 1 aliphatic rings. The molecule has 0 unspecified atom stereocenters. The van der Waals surface area contributed by atoms with Gasteiger partial charge in [0.05, 0.1) is 34.2 Å². The van der Waals surface area contributed by atoms with Crippen molar-refractivity contribution in [3.8, 4) is 0 Å². The van der Waals surface area contributed by atoms with E-state index >= 15 is 0 Å². The molecule has 0 saturated carbocycles. The van der Waals surface area contributed by atoms with Crippen molar-refractivity contribution < 1.29 is 28.6 Å². The van der Waals surface area contributed by atoms with Crippen LogP contribution in [0, 0.1) is 11.3 Å². The quantitative estimate of drug-likeness (QED) is 0.561. The summed E-state index contributed by atoms with van der Waals surface area (Å²) >= 11 is 0. The lowest BCUT2D eigenvalue weighted by Gasteiger charge is -2.49. The second kappa shape index (κ2) is 8.11. The molecule has 0 saturated heterocycles. The first-order chi connectivity index (χ1) is 12.7. The third-order valence-electron chi connectivity index (χ3n) is 5.77. The maximum Gasteiger partial charge on any atom is 0.317 e. The van der Waals surface area contributed by atoms with Gasteiger partial charge in [-0.15, -0.1) is 0 Å². The summed E-state index contributed by atoms with van der Waals surface area (Å²) in [4.78, 5) is 37.5.